The molecule has 1 aromatic carbocycles. The minimum atomic E-state index is -3.51. The molecule has 4 nitrogen and oxygen atoms in total. The van der Waals surface area contributed by atoms with Gasteiger partial charge < -0.3 is 5.11 Å². The average Bonchev–Trinajstić information content (AvgIpc) is 2.18. The molecule has 6 heteroatoms. The number of hydrogen-bond acceptors (Lipinski definition) is 3. The van der Waals surface area contributed by atoms with E-state index in [1.807, 2.05) is 0 Å². The summed E-state index contributed by atoms with van der Waals surface area (Å²) in [6, 6.07) is 5.25. The minimum absolute atomic E-state index is 0.0590. The minimum Gasteiger partial charge on any atom is -0.389 e. The maximum absolute atomic E-state index is 12.6. The third kappa shape index (κ3) is 5.76. The topological polar surface area (TPSA) is 66.4 Å². The van der Waals surface area contributed by atoms with Crippen LogP contribution in [0.2, 0.25) is 0 Å². The normalized spacial score (nSPS) is 12.7. The van der Waals surface area contributed by atoms with Gasteiger partial charge in [0.2, 0.25) is 10.0 Å². The number of halogens is 1. The molecule has 0 aliphatic heterocycles. The van der Waals surface area contributed by atoms with E-state index in [2.05, 4.69) is 4.72 Å². The maximum Gasteiger partial charge on any atom is 0.215 e. The van der Waals surface area contributed by atoms with E-state index in [9.17, 15) is 17.9 Å². The summed E-state index contributed by atoms with van der Waals surface area (Å²) in [7, 11) is -3.51. The van der Waals surface area contributed by atoms with E-state index in [1.54, 1.807) is 0 Å². The Morgan fingerprint density at radius 1 is 1.29 bits per heavy atom. The van der Waals surface area contributed by atoms with E-state index < -0.39 is 21.4 Å². The lowest BCUT2D eigenvalue weighted by Gasteiger charge is -2.17. The summed E-state index contributed by atoms with van der Waals surface area (Å²) >= 11 is 0. The first-order chi connectivity index (χ1) is 7.68. The zero-order chi connectivity index (χ0) is 13.1. The highest BCUT2D eigenvalue weighted by molar-refractivity contribution is 7.88. The Labute approximate surface area is 101 Å². The van der Waals surface area contributed by atoms with Crippen molar-refractivity contribution in [3.05, 3.63) is 35.6 Å². The second-order valence-corrected chi connectivity index (χ2v) is 6.33. The lowest BCUT2D eigenvalue weighted by Crippen LogP contribution is -2.38. The first-order valence-electron chi connectivity index (χ1n) is 5.12. The van der Waals surface area contributed by atoms with Gasteiger partial charge in [0.1, 0.15) is 5.82 Å². The van der Waals surface area contributed by atoms with E-state index in [-0.39, 0.29) is 12.3 Å². The molecule has 0 heterocycles. The Hall–Kier alpha value is -0.980. The van der Waals surface area contributed by atoms with E-state index in [0.29, 0.717) is 5.56 Å². The molecule has 1 aromatic rings. The Bertz CT molecular complexity index is 462. The average molecular weight is 261 g/mol. The predicted octanol–water partition coefficient (Wildman–Crippen LogP) is 1.02. The van der Waals surface area contributed by atoms with Gasteiger partial charge in [-0.15, -0.1) is 0 Å². The second-order valence-electron chi connectivity index (χ2n) is 4.52. The molecule has 0 aliphatic rings. The van der Waals surface area contributed by atoms with E-state index >= 15 is 0 Å². The van der Waals surface area contributed by atoms with Crippen molar-refractivity contribution in [1.82, 2.24) is 4.72 Å². The largest absolute Gasteiger partial charge is 0.389 e. The molecule has 0 saturated carbocycles. The second kappa shape index (κ2) is 5.12. The van der Waals surface area contributed by atoms with Crippen LogP contribution in [-0.4, -0.2) is 25.7 Å². The Morgan fingerprint density at radius 3 is 2.29 bits per heavy atom. The first kappa shape index (κ1) is 14.1. The van der Waals surface area contributed by atoms with Crippen molar-refractivity contribution in [2.75, 3.05) is 6.54 Å². The van der Waals surface area contributed by atoms with Crippen LogP contribution in [0.3, 0.4) is 0 Å². The third-order valence-corrected chi connectivity index (χ3v) is 3.29. The molecule has 0 saturated heterocycles. The summed E-state index contributed by atoms with van der Waals surface area (Å²) in [5.74, 6) is -0.640. The van der Waals surface area contributed by atoms with Crippen LogP contribution < -0.4 is 4.72 Å². The van der Waals surface area contributed by atoms with Crippen molar-refractivity contribution in [2.45, 2.75) is 25.2 Å². The molecular weight excluding hydrogens is 245 g/mol. The molecule has 0 aromatic heterocycles. The monoisotopic (exact) mass is 261 g/mol. The van der Waals surface area contributed by atoms with Crippen molar-refractivity contribution in [1.29, 1.82) is 0 Å². The number of nitrogens with one attached hydrogen (secondary N) is 1. The maximum atomic E-state index is 12.6. The molecule has 0 aliphatic carbocycles. The fourth-order valence-electron chi connectivity index (χ4n) is 1.14. The molecule has 0 radical (unpaired) electrons. The van der Waals surface area contributed by atoms with Crippen LogP contribution in [0.15, 0.2) is 24.3 Å². The van der Waals surface area contributed by atoms with Crippen molar-refractivity contribution in [3.8, 4) is 0 Å². The van der Waals surface area contributed by atoms with Crippen LogP contribution in [0.5, 0.6) is 0 Å². The van der Waals surface area contributed by atoms with Crippen molar-refractivity contribution < 1.29 is 17.9 Å². The Kier molecular flexibility index (Phi) is 4.24. The van der Waals surface area contributed by atoms with Gasteiger partial charge >= 0.3 is 0 Å². The summed E-state index contributed by atoms with van der Waals surface area (Å²) in [5, 5.41) is 9.41. The predicted molar refractivity (Wildman–Crippen MR) is 63.3 cm³/mol. The fourth-order valence-corrected chi connectivity index (χ4v) is 2.44. The lowest BCUT2D eigenvalue weighted by molar-refractivity contribution is 0.0857. The highest BCUT2D eigenvalue weighted by Gasteiger charge is 2.18. The summed E-state index contributed by atoms with van der Waals surface area (Å²) in [5.41, 5.74) is -0.606. The van der Waals surface area contributed by atoms with Gasteiger partial charge in [0, 0.05) is 6.54 Å². The zero-order valence-corrected chi connectivity index (χ0v) is 10.6. The molecule has 0 amide bonds. The SMILES string of the molecule is CC(C)(O)CNS(=O)(=O)Cc1ccc(F)cc1. The molecule has 0 bridgehead atoms. The summed E-state index contributed by atoms with van der Waals surface area (Å²) in [6.07, 6.45) is 0. The molecular formula is C11H16FNO3S. The summed E-state index contributed by atoms with van der Waals surface area (Å²) in [6.45, 7) is 2.96. The standard InChI is InChI=1S/C11H16FNO3S/c1-11(2,14)8-13-17(15,16)7-9-3-5-10(12)6-4-9/h3-6,13-14H,7-8H2,1-2H3. The fraction of sp³-hybridized carbons (Fsp3) is 0.455. The van der Waals surface area contributed by atoms with Gasteiger partial charge in [0.05, 0.1) is 11.4 Å². The molecule has 0 unspecified atom stereocenters. The van der Waals surface area contributed by atoms with E-state index in [0.717, 1.165) is 0 Å². The van der Waals surface area contributed by atoms with E-state index in [1.165, 1.54) is 38.1 Å². The smallest absolute Gasteiger partial charge is 0.215 e. The molecule has 1 rings (SSSR count). The van der Waals surface area contributed by atoms with Crippen molar-refractivity contribution >= 4 is 10.0 Å². The molecule has 96 valence electrons. The number of sulfonamides is 1. The van der Waals surface area contributed by atoms with Crippen molar-refractivity contribution in [3.63, 3.8) is 0 Å². The number of benzene rings is 1. The first-order valence-corrected chi connectivity index (χ1v) is 6.77. The number of rotatable bonds is 5. The highest BCUT2D eigenvalue weighted by atomic mass is 32.2. The Balaban J connectivity index is 2.64. The van der Waals surface area contributed by atoms with Gasteiger partial charge in [-0.3, -0.25) is 0 Å². The number of hydrogen-bond donors (Lipinski definition) is 2. The van der Waals surface area contributed by atoms with Crippen LogP contribution >= 0.6 is 0 Å². The van der Waals surface area contributed by atoms with Gasteiger partial charge in [-0.05, 0) is 31.5 Å². The number of aliphatic hydroxyl groups is 1. The quantitative estimate of drug-likeness (QED) is 0.831. The van der Waals surface area contributed by atoms with Gasteiger partial charge in [-0.25, -0.2) is 17.5 Å². The zero-order valence-electron chi connectivity index (χ0n) is 9.77. The summed E-state index contributed by atoms with van der Waals surface area (Å²) < 4.78 is 38.1. The molecule has 0 fully saturated rings. The van der Waals surface area contributed by atoms with Crippen molar-refractivity contribution in [2.24, 2.45) is 0 Å². The van der Waals surface area contributed by atoms with Crippen LogP contribution in [0.4, 0.5) is 4.39 Å². The van der Waals surface area contributed by atoms with E-state index in [4.69, 9.17) is 0 Å². The van der Waals surface area contributed by atoms with Crippen LogP contribution in [0, 0.1) is 5.82 Å². The Morgan fingerprint density at radius 2 is 1.82 bits per heavy atom. The third-order valence-electron chi connectivity index (χ3n) is 1.99. The summed E-state index contributed by atoms with van der Waals surface area (Å²) in [4.78, 5) is 0. The lowest BCUT2D eigenvalue weighted by atomic mass is 10.1. The van der Waals surface area contributed by atoms with Gasteiger partial charge in [0.25, 0.3) is 0 Å². The van der Waals surface area contributed by atoms with Gasteiger partial charge in [0.15, 0.2) is 0 Å². The molecule has 17 heavy (non-hydrogen) atoms. The molecule has 0 atom stereocenters. The van der Waals surface area contributed by atoms with Crippen LogP contribution in [0.25, 0.3) is 0 Å². The molecule has 2 N–H and O–H groups in total. The van der Waals surface area contributed by atoms with Gasteiger partial charge in [-0.2, -0.15) is 0 Å². The van der Waals surface area contributed by atoms with Gasteiger partial charge in [-0.1, -0.05) is 12.1 Å². The van der Waals surface area contributed by atoms with Crippen LogP contribution in [0.1, 0.15) is 19.4 Å². The molecule has 0 spiro atoms. The highest BCUT2D eigenvalue weighted by Crippen LogP contribution is 2.07. The van der Waals surface area contributed by atoms with Crippen LogP contribution in [-0.2, 0) is 15.8 Å².